The quantitative estimate of drug-likeness (QED) is 0.902. The van der Waals surface area contributed by atoms with Crippen LogP contribution in [0.5, 0.6) is 5.88 Å². The Bertz CT molecular complexity index is 755. The largest absolute Gasteiger partial charge is 0.471 e. The van der Waals surface area contributed by atoms with Crippen molar-refractivity contribution >= 4 is 11.7 Å². The molecule has 138 valence electrons. The molecule has 1 aromatic carbocycles. The molecule has 0 spiro atoms. The number of ether oxygens (including phenoxy) is 1. The first-order valence-electron chi connectivity index (χ1n) is 8.08. The molecule has 1 N–H and O–H groups in total. The van der Waals surface area contributed by atoms with E-state index in [1.165, 1.54) is 35.6 Å². The Morgan fingerprint density at radius 2 is 2.15 bits per heavy atom. The molecular formula is C17H17F3N4O2. The zero-order valence-corrected chi connectivity index (χ0v) is 13.7. The Labute approximate surface area is 148 Å². The fraction of sp³-hybridized carbons (Fsp3) is 0.353. The van der Waals surface area contributed by atoms with Crippen LogP contribution in [0.1, 0.15) is 18.4 Å². The zero-order chi connectivity index (χ0) is 18.6. The maximum absolute atomic E-state index is 12.8. The van der Waals surface area contributed by atoms with Gasteiger partial charge in [-0.05, 0) is 31.0 Å². The molecule has 1 aromatic heterocycles. The predicted octanol–water partition coefficient (Wildman–Crippen LogP) is 3.57. The van der Waals surface area contributed by atoms with Crippen LogP contribution in [0.2, 0.25) is 0 Å². The third-order valence-electron chi connectivity index (χ3n) is 3.93. The van der Waals surface area contributed by atoms with Crippen molar-refractivity contribution in [1.29, 1.82) is 0 Å². The van der Waals surface area contributed by atoms with Gasteiger partial charge in [0.2, 0.25) is 5.88 Å². The molecule has 0 bridgehead atoms. The van der Waals surface area contributed by atoms with Crippen LogP contribution >= 0.6 is 0 Å². The number of piperidine rings is 1. The number of amides is 2. The minimum atomic E-state index is -4.46. The molecule has 0 saturated carbocycles. The van der Waals surface area contributed by atoms with Gasteiger partial charge in [0.1, 0.15) is 6.10 Å². The van der Waals surface area contributed by atoms with Crippen LogP contribution in [0.4, 0.5) is 23.7 Å². The van der Waals surface area contributed by atoms with Crippen LogP contribution < -0.4 is 10.1 Å². The van der Waals surface area contributed by atoms with Gasteiger partial charge >= 0.3 is 12.2 Å². The molecule has 1 aliphatic rings. The van der Waals surface area contributed by atoms with Crippen molar-refractivity contribution in [3.63, 3.8) is 0 Å². The van der Waals surface area contributed by atoms with Crippen LogP contribution in [-0.4, -0.2) is 40.1 Å². The number of carbonyl (C=O) groups excluding carboxylic acids is 1. The Balaban J connectivity index is 1.61. The summed E-state index contributed by atoms with van der Waals surface area (Å²) < 4.78 is 44.0. The van der Waals surface area contributed by atoms with Gasteiger partial charge in [-0.3, -0.25) is 4.98 Å². The van der Waals surface area contributed by atoms with Gasteiger partial charge in [0.25, 0.3) is 0 Å². The maximum Gasteiger partial charge on any atom is 0.416 e. The van der Waals surface area contributed by atoms with Crippen molar-refractivity contribution in [3.8, 4) is 5.88 Å². The number of hydrogen-bond acceptors (Lipinski definition) is 4. The van der Waals surface area contributed by atoms with Crippen molar-refractivity contribution in [2.24, 2.45) is 0 Å². The number of halogens is 3. The zero-order valence-electron chi connectivity index (χ0n) is 13.7. The Morgan fingerprint density at radius 1 is 1.31 bits per heavy atom. The van der Waals surface area contributed by atoms with E-state index >= 15 is 0 Å². The SMILES string of the molecule is O=C(Nc1cccc(C(F)(F)F)c1)N1CCCC(Oc2cnccn2)C1. The summed E-state index contributed by atoms with van der Waals surface area (Å²) in [6.07, 6.45) is 1.31. The normalized spacial score (nSPS) is 17.7. The Morgan fingerprint density at radius 3 is 2.88 bits per heavy atom. The van der Waals surface area contributed by atoms with Gasteiger partial charge in [0.15, 0.2) is 0 Å². The van der Waals surface area contributed by atoms with E-state index in [2.05, 4.69) is 15.3 Å². The lowest BCUT2D eigenvalue weighted by Crippen LogP contribution is -2.46. The number of anilines is 1. The number of alkyl halides is 3. The standard InChI is InChI=1S/C17H17F3N4O2/c18-17(19,20)12-3-1-4-13(9-12)23-16(25)24-8-2-5-14(11-24)26-15-10-21-6-7-22-15/h1,3-4,6-7,9-10,14H,2,5,8,11H2,(H,23,25). The summed E-state index contributed by atoms with van der Waals surface area (Å²) in [4.78, 5) is 21.8. The molecule has 3 rings (SSSR count). The third-order valence-corrected chi connectivity index (χ3v) is 3.93. The number of nitrogens with zero attached hydrogens (tertiary/aromatic N) is 3. The second-order valence-electron chi connectivity index (χ2n) is 5.88. The maximum atomic E-state index is 12.8. The fourth-order valence-electron chi connectivity index (χ4n) is 2.71. The molecule has 0 aliphatic carbocycles. The number of urea groups is 1. The number of rotatable bonds is 3. The summed E-state index contributed by atoms with van der Waals surface area (Å²) >= 11 is 0. The monoisotopic (exact) mass is 366 g/mol. The van der Waals surface area contributed by atoms with E-state index in [1.54, 1.807) is 0 Å². The van der Waals surface area contributed by atoms with Crippen molar-refractivity contribution in [2.45, 2.75) is 25.1 Å². The molecule has 2 aromatic rings. The second-order valence-corrected chi connectivity index (χ2v) is 5.88. The highest BCUT2D eigenvalue weighted by atomic mass is 19.4. The third kappa shape index (κ3) is 4.62. The Hall–Kier alpha value is -2.84. The minimum absolute atomic E-state index is 0.0989. The fourth-order valence-corrected chi connectivity index (χ4v) is 2.71. The molecule has 1 atom stereocenters. The molecule has 1 aliphatic heterocycles. The topological polar surface area (TPSA) is 67.4 Å². The van der Waals surface area contributed by atoms with Gasteiger partial charge in [0.05, 0.1) is 18.3 Å². The van der Waals surface area contributed by atoms with E-state index in [1.807, 2.05) is 0 Å². The summed E-state index contributed by atoms with van der Waals surface area (Å²) in [5.41, 5.74) is -0.709. The lowest BCUT2D eigenvalue weighted by molar-refractivity contribution is -0.137. The molecule has 26 heavy (non-hydrogen) atoms. The molecule has 0 radical (unpaired) electrons. The first kappa shape index (κ1) is 18.0. The minimum Gasteiger partial charge on any atom is -0.471 e. The van der Waals surface area contributed by atoms with Crippen LogP contribution in [0.15, 0.2) is 42.9 Å². The molecule has 1 saturated heterocycles. The second kappa shape index (κ2) is 7.59. The highest BCUT2D eigenvalue weighted by Crippen LogP contribution is 2.30. The highest BCUT2D eigenvalue weighted by molar-refractivity contribution is 5.89. The lowest BCUT2D eigenvalue weighted by Gasteiger charge is -2.32. The lowest BCUT2D eigenvalue weighted by atomic mass is 10.1. The number of likely N-dealkylation sites (tertiary alicyclic amines) is 1. The Kier molecular flexibility index (Phi) is 5.24. The predicted molar refractivity (Wildman–Crippen MR) is 87.7 cm³/mol. The molecular weight excluding hydrogens is 349 g/mol. The summed E-state index contributed by atoms with van der Waals surface area (Å²) in [5, 5.41) is 2.51. The van der Waals surface area contributed by atoms with Gasteiger partial charge in [-0.1, -0.05) is 6.07 Å². The number of carbonyl (C=O) groups is 1. The summed E-state index contributed by atoms with van der Waals surface area (Å²) in [5.74, 6) is 0.373. The van der Waals surface area contributed by atoms with E-state index in [0.717, 1.165) is 25.0 Å². The molecule has 9 heteroatoms. The van der Waals surface area contributed by atoms with E-state index in [9.17, 15) is 18.0 Å². The van der Waals surface area contributed by atoms with Crippen molar-refractivity contribution in [1.82, 2.24) is 14.9 Å². The van der Waals surface area contributed by atoms with Gasteiger partial charge in [-0.25, -0.2) is 9.78 Å². The number of aromatic nitrogens is 2. The van der Waals surface area contributed by atoms with Gasteiger partial charge in [-0.2, -0.15) is 13.2 Å². The van der Waals surface area contributed by atoms with Gasteiger partial charge in [0, 0.05) is 24.6 Å². The van der Waals surface area contributed by atoms with E-state index in [0.29, 0.717) is 19.0 Å². The van der Waals surface area contributed by atoms with Gasteiger partial charge < -0.3 is 15.0 Å². The van der Waals surface area contributed by atoms with Crippen molar-refractivity contribution in [3.05, 3.63) is 48.4 Å². The van der Waals surface area contributed by atoms with Crippen LogP contribution in [0.25, 0.3) is 0 Å². The molecule has 6 nitrogen and oxygen atoms in total. The molecule has 2 heterocycles. The average Bonchev–Trinajstić information content (AvgIpc) is 2.62. The van der Waals surface area contributed by atoms with E-state index in [4.69, 9.17) is 4.74 Å². The first-order chi connectivity index (χ1) is 12.4. The van der Waals surface area contributed by atoms with E-state index in [-0.39, 0.29) is 11.8 Å². The summed E-state index contributed by atoms with van der Waals surface area (Å²) in [7, 11) is 0. The van der Waals surface area contributed by atoms with E-state index < -0.39 is 17.8 Å². The van der Waals surface area contributed by atoms with Crippen molar-refractivity contribution in [2.75, 3.05) is 18.4 Å². The smallest absolute Gasteiger partial charge is 0.416 e. The van der Waals surface area contributed by atoms with Crippen LogP contribution in [0.3, 0.4) is 0 Å². The molecule has 1 fully saturated rings. The van der Waals surface area contributed by atoms with Crippen LogP contribution in [0, 0.1) is 0 Å². The van der Waals surface area contributed by atoms with Crippen LogP contribution in [-0.2, 0) is 6.18 Å². The number of hydrogen-bond donors (Lipinski definition) is 1. The first-order valence-corrected chi connectivity index (χ1v) is 8.08. The number of benzene rings is 1. The average molecular weight is 366 g/mol. The summed E-state index contributed by atoms with van der Waals surface area (Å²) in [6, 6.07) is 4.09. The van der Waals surface area contributed by atoms with Crippen molar-refractivity contribution < 1.29 is 22.7 Å². The molecule has 2 amide bonds. The molecule has 1 unspecified atom stereocenters. The van der Waals surface area contributed by atoms with Gasteiger partial charge in [-0.15, -0.1) is 0 Å². The highest BCUT2D eigenvalue weighted by Gasteiger charge is 2.31. The number of nitrogens with one attached hydrogen (secondary N) is 1. The summed E-state index contributed by atoms with van der Waals surface area (Å²) in [6.45, 7) is 0.826.